The van der Waals surface area contributed by atoms with Gasteiger partial charge in [0.15, 0.2) is 0 Å². The second-order valence-electron chi connectivity index (χ2n) is 4.32. The summed E-state index contributed by atoms with van der Waals surface area (Å²) in [5.41, 5.74) is 5.78. The van der Waals surface area contributed by atoms with Gasteiger partial charge in [0.05, 0.1) is 37.8 Å². The van der Waals surface area contributed by atoms with Gasteiger partial charge in [-0.2, -0.15) is 10.2 Å². The van der Waals surface area contributed by atoms with E-state index in [2.05, 4.69) is 14.9 Å². The Morgan fingerprint density at radius 3 is 2.67 bits per heavy atom. The van der Waals surface area contributed by atoms with Gasteiger partial charge in [0, 0.05) is 26.0 Å². The Hall–Kier alpha value is -1.91. The average Bonchev–Trinajstić information content (AvgIpc) is 3.06. The Labute approximate surface area is 122 Å². The highest BCUT2D eigenvalue weighted by atomic mass is 32.2. The van der Waals surface area contributed by atoms with Crippen molar-refractivity contribution in [2.75, 3.05) is 25.0 Å². The molecular weight excluding hydrogens is 296 g/mol. The molecule has 2 aromatic heterocycles. The van der Waals surface area contributed by atoms with Crippen LogP contribution in [0.4, 0.5) is 5.69 Å². The molecule has 0 unspecified atom stereocenters. The molecule has 2 rings (SSSR count). The van der Waals surface area contributed by atoms with Crippen molar-refractivity contribution in [1.82, 2.24) is 19.6 Å². The highest BCUT2D eigenvalue weighted by Crippen LogP contribution is 2.14. The summed E-state index contributed by atoms with van der Waals surface area (Å²) in [6, 6.07) is 0. The van der Waals surface area contributed by atoms with Crippen molar-refractivity contribution < 1.29 is 13.2 Å². The van der Waals surface area contributed by atoms with E-state index < -0.39 is 10.0 Å². The Bertz CT molecular complexity index is 678. The van der Waals surface area contributed by atoms with Crippen molar-refractivity contribution in [2.45, 2.75) is 18.0 Å². The summed E-state index contributed by atoms with van der Waals surface area (Å²) in [5.74, 6) is 0. The molecule has 0 aliphatic heterocycles. The lowest BCUT2D eigenvalue weighted by Crippen LogP contribution is -2.13. The highest BCUT2D eigenvalue weighted by Gasteiger charge is 2.17. The molecule has 2 heterocycles. The number of hydrogen-bond donors (Lipinski definition) is 2. The van der Waals surface area contributed by atoms with Crippen LogP contribution < -0.4 is 10.5 Å². The first kappa shape index (κ1) is 15.5. The lowest BCUT2D eigenvalue weighted by Gasteiger charge is -2.03. The lowest BCUT2D eigenvalue weighted by molar-refractivity contribution is 0.183. The highest BCUT2D eigenvalue weighted by molar-refractivity contribution is 7.92. The molecule has 0 aliphatic rings. The third-order valence-corrected chi connectivity index (χ3v) is 4.02. The first-order chi connectivity index (χ1) is 10.0. The largest absolute Gasteiger partial charge is 0.383 e. The topological polar surface area (TPSA) is 117 Å². The standard InChI is InChI=1S/C11H18N6O3S/c1-20-5-4-17-8-10(6-13-17)15-21(18,19)11-7-14-16(9-11)3-2-12/h6-9,15H,2-5,12H2,1H3. The number of methoxy groups -OCH3 is 1. The third kappa shape index (κ3) is 4.03. The summed E-state index contributed by atoms with van der Waals surface area (Å²) >= 11 is 0. The van der Waals surface area contributed by atoms with Crippen LogP contribution in [0.15, 0.2) is 29.7 Å². The molecule has 0 radical (unpaired) electrons. The number of aromatic nitrogens is 4. The van der Waals surface area contributed by atoms with Crippen molar-refractivity contribution in [3.05, 3.63) is 24.8 Å². The predicted octanol–water partition coefficient (Wildman–Crippen LogP) is -0.514. The fourth-order valence-electron chi connectivity index (χ4n) is 1.68. The van der Waals surface area contributed by atoms with Crippen molar-refractivity contribution >= 4 is 15.7 Å². The number of rotatable bonds is 8. The van der Waals surface area contributed by atoms with Gasteiger partial charge in [-0.1, -0.05) is 0 Å². The maximum Gasteiger partial charge on any atom is 0.265 e. The zero-order valence-electron chi connectivity index (χ0n) is 11.6. The minimum atomic E-state index is -3.68. The minimum absolute atomic E-state index is 0.0839. The van der Waals surface area contributed by atoms with Crippen molar-refractivity contribution in [1.29, 1.82) is 0 Å². The molecule has 9 nitrogen and oxygen atoms in total. The van der Waals surface area contributed by atoms with Crippen LogP contribution in [0.2, 0.25) is 0 Å². The van der Waals surface area contributed by atoms with Gasteiger partial charge in [-0.15, -0.1) is 0 Å². The fraction of sp³-hybridized carbons (Fsp3) is 0.455. The molecule has 0 fully saturated rings. The summed E-state index contributed by atoms with van der Waals surface area (Å²) in [7, 11) is -2.09. The van der Waals surface area contributed by atoms with Crippen LogP contribution in [-0.2, 0) is 27.8 Å². The molecule has 0 bridgehead atoms. The minimum Gasteiger partial charge on any atom is -0.383 e. The number of sulfonamides is 1. The maximum absolute atomic E-state index is 12.2. The maximum atomic E-state index is 12.2. The number of anilines is 1. The van der Waals surface area contributed by atoms with Crippen LogP contribution in [0.25, 0.3) is 0 Å². The van der Waals surface area contributed by atoms with Gasteiger partial charge in [0.25, 0.3) is 10.0 Å². The van der Waals surface area contributed by atoms with Gasteiger partial charge in [0.1, 0.15) is 4.90 Å². The predicted molar refractivity (Wildman–Crippen MR) is 76.2 cm³/mol. The van der Waals surface area contributed by atoms with E-state index in [9.17, 15) is 8.42 Å². The van der Waals surface area contributed by atoms with Crippen LogP contribution in [0.1, 0.15) is 0 Å². The van der Waals surface area contributed by atoms with Crippen LogP contribution in [0, 0.1) is 0 Å². The Balaban J connectivity index is 2.07. The van der Waals surface area contributed by atoms with Gasteiger partial charge in [-0.05, 0) is 0 Å². The first-order valence-corrected chi connectivity index (χ1v) is 7.80. The summed E-state index contributed by atoms with van der Waals surface area (Å²) in [5, 5.41) is 7.98. The zero-order valence-corrected chi connectivity index (χ0v) is 12.5. The molecule has 0 saturated heterocycles. The van der Waals surface area contributed by atoms with Gasteiger partial charge in [0.2, 0.25) is 0 Å². The normalized spacial score (nSPS) is 11.7. The average molecular weight is 314 g/mol. The Morgan fingerprint density at radius 2 is 1.95 bits per heavy atom. The molecule has 0 saturated carbocycles. The molecule has 2 aromatic rings. The van der Waals surface area contributed by atoms with Gasteiger partial charge in [-0.3, -0.25) is 14.1 Å². The van der Waals surface area contributed by atoms with Crippen molar-refractivity contribution in [3.63, 3.8) is 0 Å². The number of nitrogens with two attached hydrogens (primary N) is 1. The summed E-state index contributed by atoms with van der Waals surface area (Å²) in [6.45, 7) is 1.90. The van der Waals surface area contributed by atoms with Gasteiger partial charge >= 0.3 is 0 Å². The molecule has 0 amide bonds. The van der Waals surface area contributed by atoms with Crippen LogP contribution >= 0.6 is 0 Å². The van der Waals surface area contributed by atoms with Crippen molar-refractivity contribution in [3.8, 4) is 0 Å². The number of ether oxygens (including phenoxy) is 1. The third-order valence-electron chi connectivity index (χ3n) is 2.69. The molecule has 0 aliphatic carbocycles. The molecule has 21 heavy (non-hydrogen) atoms. The molecule has 116 valence electrons. The Morgan fingerprint density at radius 1 is 1.24 bits per heavy atom. The van der Waals surface area contributed by atoms with E-state index in [1.165, 1.54) is 23.3 Å². The molecule has 10 heteroatoms. The van der Waals surface area contributed by atoms with Crippen LogP contribution in [0.5, 0.6) is 0 Å². The first-order valence-electron chi connectivity index (χ1n) is 6.32. The number of hydrogen-bond acceptors (Lipinski definition) is 6. The number of nitrogens with one attached hydrogen (secondary N) is 1. The molecule has 0 atom stereocenters. The van der Waals surface area contributed by atoms with Crippen molar-refractivity contribution in [2.24, 2.45) is 5.73 Å². The second-order valence-corrected chi connectivity index (χ2v) is 6.00. The van der Waals surface area contributed by atoms with E-state index >= 15 is 0 Å². The SMILES string of the molecule is COCCn1cc(NS(=O)(=O)c2cnn(CCN)c2)cn1. The van der Waals surface area contributed by atoms with E-state index in [1.807, 2.05) is 0 Å². The molecule has 0 aromatic carbocycles. The molecule has 0 spiro atoms. The number of nitrogens with zero attached hydrogens (tertiary/aromatic N) is 4. The van der Waals surface area contributed by atoms with E-state index in [0.29, 0.717) is 31.9 Å². The van der Waals surface area contributed by atoms with Crippen LogP contribution in [-0.4, -0.2) is 48.2 Å². The van der Waals surface area contributed by atoms with Gasteiger partial charge in [-0.25, -0.2) is 8.42 Å². The van der Waals surface area contributed by atoms with Gasteiger partial charge < -0.3 is 10.5 Å². The van der Waals surface area contributed by atoms with Crippen LogP contribution in [0.3, 0.4) is 0 Å². The zero-order chi connectivity index (χ0) is 15.3. The summed E-state index contributed by atoms with van der Waals surface area (Å²) < 4.78 is 34.8. The van der Waals surface area contributed by atoms with E-state index in [0.717, 1.165) is 0 Å². The summed E-state index contributed by atoms with van der Waals surface area (Å²) in [6.07, 6.45) is 5.76. The fourth-order valence-corrected chi connectivity index (χ4v) is 2.66. The molecular formula is C11H18N6O3S. The van der Waals surface area contributed by atoms with E-state index in [4.69, 9.17) is 10.5 Å². The molecule has 3 N–H and O–H groups in total. The summed E-state index contributed by atoms with van der Waals surface area (Å²) in [4.78, 5) is 0.0839. The smallest absolute Gasteiger partial charge is 0.265 e. The Kier molecular flexibility index (Phi) is 4.94. The van der Waals surface area contributed by atoms with E-state index in [1.54, 1.807) is 18.0 Å². The lowest BCUT2D eigenvalue weighted by atomic mass is 10.6. The monoisotopic (exact) mass is 314 g/mol. The second kappa shape index (κ2) is 6.70. The quantitative estimate of drug-likeness (QED) is 0.677. The van der Waals surface area contributed by atoms with E-state index in [-0.39, 0.29) is 4.90 Å².